The van der Waals surface area contributed by atoms with Crippen molar-refractivity contribution in [2.24, 2.45) is 0 Å². The molecule has 1 aromatic carbocycles. The molecular weight excluding hydrogens is 316 g/mol. The van der Waals surface area contributed by atoms with Gasteiger partial charge in [-0.3, -0.25) is 0 Å². The molecule has 1 aromatic rings. The molecule has 0 spiro atoms. The van der Waals surface area contributed by atoms with Crippen LogP contribution < -0.4 is 0 Å². The Morgan fingerprint density at radius 3 is 2.36 bits per heavy atom. The van der Waals surface area contributed by atoms with E-state index in [2.05, 4.69) is 0 Å². The molecule has 0 aliphatic carbocycles. The Balaban J connectivity index is 2.14. The van der Waals surface area contributed by atoms with E-state index in [0.29, 0.717) is 0 Å². The van der Waals surface area contributed by atoms with Crippen molar-refractivity contribution in [2.45, 2.75) is 42.5 Å². The Bertz CT molecular complexity index is 599. The Morgan fingerprint density at radius 2 is 1.82 bits per heavy atom. The molecule has 0 aromatic heterocycles. The highest BCUT2D eigenvalue weighted by atomic mass is 32.2. The van der Waals surface area contributed by atoms with E-state index in [-0.39, 0.29) is 4.90 Å². The first-order valence-corrected chi connectivity index (χ1v) is 7.97. The number of aryl methyl sites for hydroxylation is 1. The first-order valence-electron chi connectivity index (χ1n) is 6.57. The van der Waals surface area contributed by atoms with E-state index in [4.69, 9.17) is 14.0 Å². The van der Waals surface area contributed by atoms with Crippen LogP contribution in [-0.2, 0) is 19.0 Å². The summed E-state index contributed by atoms with van der Waals surface area (Å²) in [5.41, 5.74) is 0.859. The van der Waals surface area contributed by atoms with Crippen molar-refractivity contribution < 1.29 is 37.8 Å². The van der Waals surface area contributed by atoms with Crippen LogP contribution in [0, 0.1) is 6.92 Å². The van der Waals surface area contributed by atoms with Crippen LogP contribution in [0.15, 0.2) is 29.2 Å². The van der Waals surface area contributed by atoms with Gasteiger partial charge in [-0.15, -0.1) is 0 Å². The average Bonchev–Trinajstić information content (AvgIpc) is 2.75. The lowest BCUT2D eigenvalue weighted by molar-refractivity contribution is -0.135. The summed E-state index contributed by atoms with van der Waals surface area (Å²) in [6.07, 6.45) is -7.75. The first-order chi connectivity index (χ1) is 10.3. The Morgan fingerprint density at radius 1 is 1.23 bits per heavy atom. The third-order valence-electron chi connectivity index (χ3n) is 3.35. The van der Waals surface area contributed by atoms with Crippen molar-refractivity contribution in [3.63, 3.8) is 0 Å². The van der Waals surface area contributed by atoms with Crippen molar-refractivity contribution in [1.82, 2.24) is 0 Å². The molecule has 9 heteroatoms. The quantitative estimate of drug-likeness (QED) is 0.478. The van der Waals surface area contributed by atoms with Gasteiger partial charge in [-0.05, 0) is 19.1 Å². The van der Waals surface area contributed by atoms with E-state index in [1.807, 2.05) is 0 Å². The summed E-state index contributed by atoms with van der Waals surface area (Å²) in [6.45, 7) is 1.07. The van der Waals surface area contributed by atoms with Gasteiger partial charge in [-0.25, -0.2) is 4.18 Å². The van der Waals surface area contributed by atoms with E-state index in [9.17, 15) is 23.7 Å². The second-order valence-electron chi connectivity index (χ2n) is 5.06. The van der Waals surface area contributed by atoms with E-state index >= 15 is 0 Å². The van der Waals surface area contributed by atoms with E-state index in [0.717, 1.165) is 5.56 Å². The van der Waals surface area contributed by atoms with Crippen molar-refractivity contribution in [3.05, 3.63) is 29.8 Å². The highest BCUT2D eigenvalue weighted by Gasteiger charge is 2.48. The summed E-state index contributed by atoms with van der Waals surface area (Å²) < 4.78 is 34.0. The monoisotopic (exact) mass is 334 g/mol. The van der Waals surface area contributed by atoms with Gasteiger partial charge < -0.3 is 25.2 Å². The van der Waals surface area contributed by atoms with Crippen LogP contribution in [0.25, 0.3) is 0 Å². The Kier molecular flexibility index (Phi) is 5.17. The summed E-state index contributed by atoms with van der Waals surface area (Å²) in [6, 6.07) is 5.83. The van der Waals surface area contributed by atoms with Crippen LogP contribution in [0.2, 0.25) is 0 Å². The summed E-state index contributed by atoms with van der Waals surface area (Å²) in [4.78, 5) is -0.130. The van der Waals surface area contributed by atoms with Gasteiger partial charge in [0, 0.05) is 0 Å². The zero-order valence-electron chi connectivity index (χ0n) is 11.7. The Labute approximate surface area is 127 Å². The van der Waals surface area contributed by atoms with Gasteiger partial charge in [0.15, 0.2) is 0 Å². The van der Waals surface area contributed by atoms with Gasteiger partial charge in [0.05, 0.1) is 11.5 Å². The maximum absolute atomic E-state index is 12.1. The molecule has 0 unspecified atom stereocenters. The van der Waals surface area contributed by atoms with Crippen molar-refractivity contribution in [3.8, 4) is 0 Å². The van der Waals surface area contributed by atoms with E-state index < -0.39 is 47.4 Å². The topological polar surface area (TPSA) is 134 Å². The highest BCUT2D eigenvalue weighted by molar-refractivity contribution is 7.86. The average molecular weight is 334 g/mol. The lowest BCUT2D eigenvalue weighted by Crippen LogP contribution is -2.40. The fraction of sp³-hybridized carbons (Fsp3) is 0.538. The first kappa shape index (κ1) is 17.3. The minimum absolute atomic E-state index is 0.130. The fourth-order valence-corrected chi connectivity index (χ4v) is 3.05. The molecule has 0 bridgehead atoms. The largest absolute Gasteiger partial charge is 0.394 e. The van der Waals surface area contributed by atoms with Crippen LogP contribution in [0.1, 0.15) is 5.56 Å². The van der Waals surface area contributed by atoms with Crippen LogP contribution in [0.5, 0.6) is 0 Å². The molecule has 1 heterocycles. The second-order valence-corrected chi connectivity index (χ2v) is 6.64. The minimum atomic E-state index is -4.21. The minimum Gasteiger partial charge on any atom is -0.394 e. The summed E-state index contributed by atoms with van der Waals surface area (Å²) in [5, 5.41) is 37.8. The summed E-state index contributed by atoms with van der Waals surface area (Å²) in [5.74, 6) is 0. The molecule has 1 saturated heterocycles. The molecule has 0 radical (unpaired) electrons. The maximum atomic E-state index is 12.1. The molecule has 1 aliphatic rings. The third-order valence-corrected chi connectivity index (χ3v) is 4.65. The molecule has 124 valence electrons. The number of aliphatic hydroxyl groups is 4. The van der Waals surface area contributed by atoms with Gasteiger partial charge in [0.25, 0.3) is 10.1 Å². The molecule has 0 amide bonds. The predicted octanol–water partition coefficient (Wildman–Crippen LogP) is -1.50. The molecule has 1 aliphatic heterocycles. The second kappa shape index (κ2) is 6.59. The number of hydrogen-bond acceptors (Lipinski definition) is 8. The summed E-state index contributed by atoms with van der Waals surface area (Å²) >= 11 is 0. The zero-order valence-corrected chi connectivity index (χ0v) is 12.5. The van der Waals surface area contributed by atoms with Crippen LogP contribution in [0.4, 0.5) is 0 Å². The number of aliphatic hydroxyl groups excluding tert-OH is 4. The zero-order chi connectivity index (χ0) is 16.5. The van der Waals surface area contributed by atoms with Crippen LogP contribution >= 0.6 is 0 Å². The van der Waals surface area contributed by atoms with Gasteiger partial charge >= 0.3 is 0 Å². The van der Waals surface area contributed by atoms with E-state index in [1.54, 1.807) is 19.1 Å². The SMILES string of the molecule is Cc1ccc(S(=O)(=O)O[C@H]2O[C@H]([C@@H](O)CO)[C@H](O)[C@H]2O)cc1. The number of hydrogen-bond donors (Lipinski definition) is 4. The normalized spacial score (nSPS) is 30.4. The Hall–Kier alpha value is -1.07. The molecular formula is C13H18O8S. The van der Waals surface area contributed by atoms with Crippen LogP contribution in [-0.4, -0.2) is 66.2 Å². The van der Waals surface area contributed by atoms with Gasteiger partial charge in [-0.2, -0.15) is 8.42 Å². The molecule has 5 atom stereocenters. The number of benzene rings is 1. The van der Waals surface area contributed by atoms with Crippen molar-refractivity contribution in [2.75, 3.05) is 6.61 Å². The van der Waals surface area contributed by atoms with Crippen molar-refractivity contribution in [1.29, 1.82) is 0 Å². The van der Waals surface area contributed by atoms with E-state index in [1.165, 1.54) is 12.1 Å². The third kappa shape index (κ3) is 3.46. The molecule has 2 rings (SSSR count). The standard InChI is InChI=1S/C13H18O8S/c1-7-2-4-8(5-3-7)22(18,19)21-13-11(17)10(16)12(20-13)9(15)6-14/h2-5,9-17H,6H2,1H3/t9-,10+,11+,12+,13+/m0/s1. The number of rotatable bonds is 5. The van der Waals surface area contributed by atoms with Crippen LogP contribution in [0.3, 0.4) is 0 Å². The molecule has 8 nitrogen and oxygen atoms in total. The fourth-order valence-electron chi connectivity index (χ4n) is 2.06. The smallest absolute Gasteiger partial charge is 0.299 e. The lowest BCUT2D eigenvalue weighted by Gasteiger charge is -2.18. The van der Waals surface area contributed by atoms with Gasteiger partial charge in [0.2, 0.25) is 6.29 Å². The molecule has 4 N–H and O–H groups in total. The van der Waals surface area contributed by atoms with Gasteiger partial charge in [0.1, 0.15) is 24.4 Å². The predicted molar refractivity (Wildman–Crippen MR) is 73.2 cm³/mol. The summed E-state index contributed by atoms with van der Waals surface area (Å²) in [7, 11) is -4.21. The highest BCUT2D eigenvalue weighted by Crippen LogP contribution is 2.27. The van der Waals surface area contributed by atoms with Crippen molar-refractivity contribution >= 4 is 10.1 Å². The maximum Gasteiger partial charge on any atom is 0.299 e. The lowest BCUT2D eigenvalue weighted by atomic mass is 10.1. The number of ether oxygens (including phenoxy) is 1. The van der Waals surface area contributed by atoms with Gasteiger partial charge in [-0.1, -0.05) is 17.7 Å². The molecule has 22 heavy (non-hydrogen) atoms. The molecule has 0 saturated carbocycles. The molecule has 1 fully saturated rings.